The SMILES string of the molecule is O=C(Cc1c(Cl)cccc1Cl)NCC(=O)Nc1cc(Cl)ccc1Cl. The topological polar surface area (TPSA) is 58.2 Å². The number of carbonyl (C=O) groups excluding carboxylic acids is 2. The monoisotopic (exact) mass is 404 g/mol. The number of rotatable bonds is 5. The van der Waals surface area contributed by atoms with E-state index in [-0.39, 0.29) is 18.9 Å². The first kappa shape index (κ1) is 18.9. The minimum Gasteiger partial charge on any atom is -0.347 e. The summed E-state index contributed by atoms with van der Waals surface area (Å²) in [6.07, 6.45) is -0.0241. The van der Waals surface area contributed by atoms with Gasteiger partial charge in [0.05, 0.1) is 23.7 Å². The molecule has 2 aromatic rings. The fourth-order valence-electron chi connectivity index (χ4n) is 1.89. The number of amides is 2. The second kappa shape index (κ2) is 8.58. The van der Waals surface area contributed by atoms with Crippen molar-refractivity contribution in [2.24, 2.45) is 0 Å². The van der Waals surface area contributed by atoms with Crippen LogP contribution in [0.15, 0.2) is 36.4 Å². The summed E-state index contributed by atoms with van der Waals surface area (Å²) >= 11 is 23.8. The second-order valence-electron chi connectivity index (χ2n) is 4.83. The van der Waals surface area contributed by atoms with Gasteiger partial charge >= 0.3 is 0 Å². The first-order chi connectivity index (χ1) is 11.4. The lowest BCUT2D eigenvalue weighted by atomic mass is 10.1. The summed E-state index contributed by atoms with van der Waals surface area (Å²) in [6.45, 7) is -0.219. The lowest BCUT2D eigenvalue weighted by Crippen LogP contribution is -2.33. The second-order valence-corrected chi connectivity index (χ2v) is 6.48. The lowest BCUT2D eigenvalue weighted by Gasteiger charge is -2.10. The van der Waals surface area contributed by atoms with Crippen LogP contribution in [-0.4, -0.2) is 18.4 Å². The molecule has 0 aromatic heterocycles. The molecule has 2 rings (SSSR count). The number of benzene rings is 2. The highest BCUT2D eigenvalue weighted by atomic mass is 35.5. The highest BCUT2D eigenvalue weighted by molar-refractivity contribution is 6.36. The number of carbonyl (C=O) groups is 2. The maximum atomic E-state index is 11.9. The van der Waals surface area contributed by atoms with Crippen molar-refractivity contribution in [3.8, 4) is 0 Å². The molecule has 2 amide bonds. The van der Waals surface area contributed by atoms with Crippen molar-refractivity contribution >= 4 is 63.9 Å². The Morgan fingerprint density at radius 3 is 2.21 bits per heavy atom. The summed E-state index contributed by atoms with van der Waals surface area (Å²) in [6, 6.07) is 9.67. The molecule has 0 unspecified atom stereocenters. The van der Waals surface area contributed by atoms with Crippen molar-refractivity contribution in [1.82, 2.24) is 5.32 Å². The van der Waals surface area contributed by atoms with E-state index in [9.17, 15) is 9.59 Å². The summed E-state index contributed by atoms with van der Waals surface area (Å²) in [5.41, 5.74) is 0.884. The van der Waals surface area contributed by atoms with Gasteiger partial charge in [-0.1, -0.05) is 52.5 Å². The van der Waals surface area contributed by atoms with Gasteiger partial charge in [0.25, 0.3) is 0 Å². The number of hydrogen-bond acceptors (Lipinski definition) is 2. The fraction of sp³-hybridized carbons (Fsp3) is 0.125. The normalized spacial score (nSPS) is 10.3. The van der Waals surface area contributed by atoms with Crippen LogP contribution in [0.2, 0.25) is 20.1 Å². The van der Waals surface area contributed by atoms with Crippen molar-refractivity contribution in [2.75, 3.05) is 11.9 Å². The Morgan fingerprint density at radius 2 is 1.54 bits per heavy atom. The van der Waals surface area contributed by atoms with Gasteiger partial charge < -0.3 is 10.6 Å². The lowest BCUT2D eigenvalue weighted by molar-refractivity contribution is -0.123. The first-order valence-corrected chi connectivity index (χ1v) is 8.32. The summed E-state index contributed by atoms with van der Waals surface area (Å²) in [7, 11) is 0. The van der Waals surface area contributed by atoms with Crippen LogP contribution in [0.4, 0.5) is 5.69 Å². The summed E-state index contributed by atoms with van der Waals surface area (Å²) in [4.78, 5) is 23.8. The molecule has 0 aliphatic carbocycles. The van der Waals surface area contributed by atoms with Crippen molar-refractivity contribution in [2.45, 2.75) is 6.42 Å². The Kier molecular flexibility index (Phi) is 6.75. The molecule has 0 aliphatic rings. The van der Waals surface area contributed by atoms with Crippen LogP contribution >= 0.6 is 46.4 Å². The first-order valence-electron chi connectivity index (χ1n) is 6.81. The van der Waals surface area contributed by atoms with E-state index < -0.39 is 5.91 Å². The fourth-order valence-corrected chi connectivity index (χ4v) is 2.76. The molecule has 0 saturated heterocycles. The third-order valence-corrected chi connectivity index (χ3v) is 4.32. The largest absolute Gasteiger partial charge is 0.347 e. The zero-order valence-electron chi connectivity index (χ0n) is 12.2. The van der Waals surface area contributed by atoms with Crippen LogP contribution in [0.5, 0.6) is 0 Å². The molecule has 4 nitrogen and oxygen atoms in total. The van der Waals surface area contributed by atoms with Gasteiger partial charge in [-0.3, -0.25) is 9.59 Å². The molecule has 0 bridgehead atoms. The Labute approximate surface area is 159 Å². The van der Waals surface area contributed by atoms with Crippen LogP contribution in [0.25, 0.3) is 0 Å². The zero-order valence-corrected chi connectivity index (χ0v) is 15.2. The number of nitrogens with one attached hydrogen (secondary N) is 2. The third-order valence-electron chi connectivity index (χ3n) is 3.05. The molecule has 8 heteroatoms. The predicted molar refractivity (Wildman–Crippen MR) is 98.3 cm³/mol. The van der Waals surface area contributed by atoms with E-state index in [1.54, 1.807) is 30.3 Å². The standard InChI is InChI=1S/C16H12Cl4N2O2/c17-9-4-5-13(20)14(6-9)22-16(24)8-21-15(23)7-10-11(18)2-1-3-12(10)19/h1-6H,7-8H2,(H,21,23)(H,22,24). The Hall–Kier alpha value is -1.46. The van der Waals surface area contributed by atoms with Gasteiger partial charge in [0, 0.05) is 15.1 Å². The van der Waals surface area contributed by atoms with Gasteiger partial charge in [-0.25, -0.2) is 0 Å². The Morgan fingerprint density at radius 1 is 0.875 bits per heavy atom. The minimum absolute atomic E-state index is 0.0241. The predicted octanol–water partition coefficient (Wildman–Crippen LogP) is 4.60. The van der Waals surface area contributed by atoms with Crippen LogP contribution in [0, 0.1) is 0 Å². The number of hydrogen-bond donors (Lipinski definition) is 2. The van der Waals surface area contributed by atoms with Crippen molar-refractivity contribution < 1.29 is 9.59 Å². The smallest absolute Gasteiger partial charge is 0.243 e. The van der Waals surface area contributed by atoms with E-state index in [1.807, 2.05) is 0 Å². The van der Waals surface area contributed by atoms with Gasteiger partial charge in [0.1, 0.15) is 0 Å². The summed E-state index contributed by atoms with van der Waals surface area (Å²) in [5.74, 6) is -0.810. The van der Waals surface area contributed by atoms with Crippen LogP contribution in [0.3, 0.4) is 0 Å². The van der Waals surface area contributed by atoms with Crippen LogP contribution < -0.4 is 10.6 Å². The summed E-state index contributed by atoms with van der Waals surface area (Å²) < 4.78 is 0. The molecule has 0 spiro atoms. The average molecular weight is 406 g/mol. The van der Waals surface area contributed by atoms with E-state index in [1.165, 1.54) is 6.07 Å². The minimum atomic E-state index is -0.433. The molecule has 126 valence electrons. The van der Waals surface area contributed by atoms with E-state index in [0.717, 1.165) is 0 Å². The molecule has 0 fully saturated rings. The molecule has 0 aliphatic heterocycles. The average Bonchev–Trinajstić information content (AvgIpc) is 2.53. The van der Waals surface area contributed by atoms with Gasteiger partial charge in [-0.2, -0.15) is 0 Å². The van der Waals surface area contributed by atoms with Gasteiger partial charge in [0.15, 0.2) is 0 Å². The number of anilines is 1. The molecule has 0 heterocycles. The molecule has 0 saturated carbocycles. The van der Waals surface area contributed by atoms with E-state index in [4.69, 9.17) is 46.4 Å². The molecular weight excluding hydrogens is 394 g/mol. The quantitative estimate of drug-likeness (QED) is 0.763. The highest BCUT2D eigenvalue weighted by Crippen LogP contribution is 2.25. The number of halogens is 4. The molecule has 2 aromatic carbocycles. The maximum Gasteiger partial charge on any atom is 0.243 e. The van der Waals surface area contributed by atoms with E-state index in [2.05, 4.69) is 10.6 Å². The van der Waals surface area contributed by atoms with Crippen LogP contribution in [0.1, 0.15) is 5.56 Å². The Bertz CT molecular complexity index is 760. The van der Waals surface area contributed by atoms with Gasteiger partial charge in [0.2, 0.25) is 11.8 Å². The van der Waals surface area contributed by atoms with Gasteiger partial charge in [-0.05, 0) is 35.9 Å². The molecule has 2 N–H and O–H groups in total. The highest BCUT2D eigenvalue weighted by Gasteiger charge is 2.12. The summed E-state index contributed by atoms with van der Waals surface area (Å²) in [5, 5.41) is 6.64. The molecule has 0 radical (unpaired) electrons. The molecule has 24 heavy (non-hydrogen) atoms. The van der Waals surface area contributed by atoms with Crippen molar-refractivity contribution in [3.63, 3.8) is 0 Å². The van der Waals surface area contributed by atoms with Gasteiger partial charge in [-0.15, -0.1) is 0 Å². The van der Waals surface area contributed by atoms with E-state index >= 15 is 0 Å². The molecular formula is C16H12Cl4N2O2. The van der Waals surface area contributed by atoms with Crippen molar-refractivity contribution in [3.05, 3.63) is 62.1 Å². The van der Waals surface area contributed by atoms with Crippen molar-refractivity contribution in [1.29, 1.82) is 0 Å². The maximum absolute atomic E-state index is 11.9. The molecule has 0 atom stereocenters. The zero-order chi connectivity index (χ0) is 17.7. The van der Waals surface area contributed by atoms with E-state index in [0.29, 0.717) is 31.3 Å². The Balaban J connectivity index is 1.89. The third kappa shape index (κ3) is 5.28. The van der Waals surface area contributed by atoms with Crippen LogP contribution in [-0.2, 0) is 16.0 Å².